The van der Waals surface area contributed by atoms with E-state index in [2.05, 4.69) is 9.69 Å². The molecule has 88 valence electrons. The molecule has 0 aromatic carbocycles. The number of anilines is 1. The fraction of sp³-hybridized carbons (Fsp3) is 0.444. The number of urea groups is 1. The van der Waals surface area contributed by atoms with Crippen LogP contribution in [0.25, 0.3) is 0 Å². The zero-order valence-corrected chi connectivity index (χ0v) is 10.1. The summed E-state index contributed by atoms with van der Waals surface area (Å²) in [6.07, 6.45) is 0. The maximum absolute atomic E-state index is 11.5. The maximum atomic E-state index is 11.5. The molecule has 0 aliphatic carbocycles. The third kappa shape index (κ3) is 2.30. The van der Waals surface area contributed by atoms with Crippen molar-refractivity contribution in [3.63, 3.8) is 0 Å². The van der Waals surface area contributed by atoms with E-state index in [1.807, 2.05) is 0 Å². The van der Waals surface area contributed by atoms with E-state index in [9.17, 15) is 9.59 Å². The molecule has 0 unspecified atom stereocenters. The minimum absolute atomic E-state index is 0.0822. The minimum Gasteiger partial charge on any atom is -0.478 e. The fourth-order valence-corrected chi connectivity index (χ4v) is 2.04. The van der Waals surface area contributed by atoms with Gasteiger partial charge in [-0.2, -0.15) is 4.37 Å². The molecule has 1 heterocycles. The third-order valence-corrected chi connectivity index (χ3v) is 3.01. The molecule has 16 heavy (non-hydrogen) atoms. The van der Waals surface area contributed by atoms with Gasteiger partial charge >= 0.3 is 12.0 Å². The number of carbonyl (C=O) groups is 2. The third-order valence-electron chi connectivity index (χ3n) is 2.00. The van der Waals surface area contributed by atoms with Crippen LogP contribution in [0.2, 0.25) is 0 Å². The number of carbonyl (C=O) groups excluding carboxylic acids is 1. The van der Waals surface area contributed by atoms with Gasteiger partial charge in [-0.15, -0.1) is 0 Å². The van der Waals surface area contributed by atoms with Gasteiger partial charge in [-0.25, -0.2) is 9.59 Å². The SMILES string of the molecule is CCNC(=O)N(C)c1snc(C)c1C(=O)O. The van der Waals surface area contributed by atoms with Crippen molar-refractivity contribution in [3.05, 3.63) is 11.3 Å². The Morgan fingerprint density at radius 1 is 1.56 bits per heavy atom. The summed E-state index contributed by atoms with van der Waals surface area (Å²) in [4.78, 5) is 23.8. The lowest BCUT2D eigenvalue weighted by molar-refractivity contribution is 0.0697. The Labute approximate surface area is 97.0 Å². The first-order valence-corrected chi connectivity index (χ1v) is 5.47. The highest BCUT2D eigenvalue weighted by Gasteiger charge is 2.23. The Morgan fingerprint density at radius 2 is 2.19 bits per heavy atom. The van der Waals surface area contributed by atoms with Crippen molar-refractivity contribution in [1.29, 1.82) is 0 Å². The lowest BCUT2D eigenvalue weighted by Crippen LogP contribution is -2.37. The van der Waals surface area contributed by atoms with Gasteiger partial charge in [0.2, 0.25) is 0 Å². The predicted octanol–water partition coefficient (Wildman–Crippen LogP) is 1.32. The average molecular weight is 243 g/mol. The number of hydrogen-bond acceptors (Lipinski definition) is 4. The second kappa shape index (κ2) is 4.93. The number of amides is 2. The predicted molar refractivity (Wildman–Crippen MR) is 61.3 cm³/mol. The van der Waals surface area contributed by atoms with Crippen LogP contribution in [0.4, 0.5) is 9.80 Å². The molecule has 0 spiro atoms. The van der Waals surface area contributed by atoms with Crippen LogP contribution in [0, 0.1) is 6.92 Å². The summed E-state index contributed by atoms with van der Waals surface area (Å²) in [5, 5.41) is 11.9. The molecule has 0 radical (unpaired) electrons. The summed E-state index contributed by atoms with van der Waals surface area (Å²) >= 11 is 1.00. The normalized spacial score (nSPS) is 9.94. The molecule has 0 aliphatic heterocycles. The van der Waals surface area contributed by atoms with Gasteiger partial charge in [0.05, 0.1) is 5.69 Å². The molecule has 2 N–H and O–H groups in total. The molecule has 1 aromatic rings. The van der Waals surface area contributed by atoms with E-state index >= 15 is 0 Å². The number of hydrogen-bond donors (Lipinski definition) is 2. The molecule has 0 fully saturated rings. The highest BCUT2D eigenvalue weighted by Crippen LogP contribution is 2.27. The van der Waals surface area contributed by atoms with E-state index in [4.69, 9.17) is 5.11 Å². The zero-order valence-electron chi connectivity index (χ0n) is 9.27. The Morgan fingerprint density at radius 3 is 2.69 bits per heavy atom. The summed E-state index contributed by atoms with van der Waals surface area (Å²) < 4.78 is 3.94. The molecule has 0 aliphatic rings. The van der Waals surface area contributed by atoms with Gasteiger partial charge < -0.3 is 10.4 Å². The molecule has 6 nitrogen and oxygen atoms in total. The molecule has 0 saturated carbocycles. The number of aromatic nitrogens is 1. The van der Waals surface area contributed by atoms with Gasteiger partial charge in [0.25, 0.3) is 0 Å². The first-order valence-electron chi connectivity index (χ1n) is 4.70. The van der Waals surface area contributed by atoms with E-state index in [1.165, 1.54) is 11.9 Å². The van der Waals surface area contributed by atoms with Gasteiger partial charge in [0.15, 0.2) is 0 Å². The molecule has 2 amide bonds. The van der Waals surface area contributed by atoms with Crippen LogP contribution in [-0.4, -0.2) is 35.1 Å². The van der Waals surface area contributed by atoms with Crippen molar-refractivity contribution in [3.8, 4) is 0 Å². The Bertz CT molecular complexity index is 416. The van der Waals surface area contributed by atoms with Crippen molar-refractivity contribution in [2.45, 2.75) is 13.8 Å². The number of carboxylic acids is 1. The van der Waals surface area contributed by atoms with Crippen molar-refractivity contribution in [2.24, 2.45) is 0 Å². The van der Waals surface area contributed by atoms with Gasteiger partial charge in [-0.3, -0.25) is 4.90 Å². The van der Waals surface area contributed by atoms with Gasteiger partial charge in [-0.1, -0.05) is 0 Å². The number of carboxylic acid groups (broad SMARTS) is 1. The standard InChI is InChI=1S/C9H13N3O3S/c1-4-10-9(15)12(3)7-6(8(13)14)5(2)11-16-7/h4H2,1-3H3,(H,10,15)(H,13,14). The second-order valence-electron chi connectivity index (χ2n) is 3.15. The molecule has 1 rings (SSSR count). The summed E-state index contributed by atoms with van der Waals surface area (Å²) in [6.45, 7) is 3.89. The monoisotopic (exact) mass is 243 g/mol. The topological polar surface area (TPSA) is 82.5 Å². The Hall–Kier alpha value is -1.63. The summed E-state index contributed by atoms with van der Waals surface area (Å²) in [6, 6.07) is -0.339. The Kier molecular flexibility index (Phi) is 3.83. The van der Waals surface area contributed by atoms with Crippen molar-refractivity contribution in [2.75, 3.05) is 18.5 Å². The van der Waals surface area contributed by atoms with Crippen LogP contribution < -0.4 is 10.2 Å². The van der Waals surface area contributed by atoms with Crippen molar-refractivity contribution in [1.82, 2.24) is 9.69 Å². The molecule has 0 saturated heterocycles. The van der Waals surface area contributed by atoms with Crippen LogP contribution in [-0.2, 0) is 0 Å². The highest BCUT2D eigenvalue weighted by atomic mass is 32.1. The quantitative estimate of drug-likeness (QED) is 0.838. The van der Waals surface area contributed by atoms with Gasteiger partial charge in [0.1, 0.15) is 10.6 Å². The number of nitrogens with one attached hydrogen (secondary N) is 1. The van der Waals surface area contributed by atoms with E-state index in [0.717, 1.165) is 11.5 Å². The lowest BCUT2D eigenvalue weighted by atomic mass is 10.2. The summed E-state index contributed by atoms with van der Waals surface area (Å²) in [5.41, 5.74) is 0.502. The van der Waals surface area contributed by atoms with Crippen LogP contribution >= 0.6 is 11.5 Å². The first kappa shape index (κ1) is 12.4. The maximum Gasteiger partial charge on any atom is 0.340 e. The van der Waals surface area contributed by atoms with Crippen molar-refractivity contribution < 1.29 is 14.7 Å². The van der Waals surface area contributed by atoms with E-state index in [0.29, 0.717) is 17.2 Å². The molecule has 0 atom stereocenters. The largest absolute Gasteiger partial charge is 0.478 e. The number of rotatable bonds is 3. The lowest BCUT2D eigenvalue weighted by Gasteiger charge is -2.15. The van der Waals surface area contributed by atoms with Crippen LogP contribution in [0.3, 0.4) is 0 Å². The van der Waals surface area contributed by atoms with Crippen LogP contribution in [0.1, 0.15) is 23.0 Å². The van der Waals surface area contributed by atoms with Crippen LogP contribution in [0.15, 0.2) is 0 Å². The number of aromatic carboxylic acids is 1. The van der Waals surface area contributed by atoms with E-state index in [1.54, 1.807) is 13.8 Å². The number of aryl methyl sites for hydroxylation is 1. The van der Waals surface area contributed by atoms with Gasteiger partial charge in [-0.05, 0) is 25.4 Å². The summed E-state index contributed by atoms with van der Waals surface area (Å²) in [7, 11) is 1.52. The average Bonchev–Trinajstić information content (AvgIpc) is 2.59. The molecular weight excluding hydrogens is 230 g/mol. The van der Waals surface area contributed by atoms with E-state index in [-0.39, 0.29) is 11.6 Å². The summed E-state index contributed by atoms with van der Waals surface area (Å²) in [5.74, 6) is -1.07. The highest BCUT2D eigenvalue weighted by molar-refractivity contribution is 7.11. The Balaban J connectivity index is 3.04. The first-order chi connectivity index (χ1) is 7.49. The van der Waals surface area contributed by atoms with Crippen LogP contribution in [0.5, 0.6) is 0 Å². The van der Waals surface area contributed by atoms with Gasteiger partial charge in [0, 0.05) is 13.6 Å². The molecule has 7 heteroatoms. The zero-order chi connectivity index (χ0) is 12.3. The molecule has 1 aromatic heterocycles. The minimum atomic E-state index is -1.07. The molecular formula is C9H13N3O3S. The van der Waals surface area contributed by atoms with Crippen molar-refractivity contribution >= 4 is 28.5 Å². The van der Waals surface area contributed by atoms with E-state index < -0.39 is 5.97 Å². The fourth-order valence-electron chi connectivity index (χ4n) is 1.19. The number of nitrogens with zero attached hydrogens (tertiary/aromatic N) is 2. The second-order valence-corrected chi connectivity index (χ2v) is 3.90. The smallest absolute Gasteiger partial charge is 0.340 e. The molecule has 0 bridgehead atoms.